The lowest BCUT2D eigenvalue weighted by Crippen LogP contribution is -2.02. The zero-order valence-electron chi connectivity index (χ0n) is 13.0. The van der Waals surface area contributed by atoms with Gasteiger partial charge in [0.05, 0.1) is 13.2 Å². The van der Waals surface area contributed by atoms with Crippen molar-refractivity contribution in [1.29, 1.82) is 0 Å². The van der Waals surface area contributed by atoms with Crippen molar-refractivity contribution in [2.24, 2.45) is 0 Å². The molecule has 4 rings (SSSR count). The molecule has 5 nitrogen and oxygen atoms in total. The first-order chi connectivity index (χ1) is 11.9. The molecule has 0 unspecified atom stereocenters. The van der Waals surface area contributed by atoms with Gasteiger partial charge in [0, 0.05) is 47.5 Å². The van der Waals surface area contributed by atoms with Gasteiger partial charge in [0.2, 0.25) is 0 Å². The number of nitrogens with zero attached hydrogens (tertiary/aromatic N) is 4. The van der Waals surface area contributed by atoms with Crippen LogP contribution in [0.25, 0.3) is 33.2 Å². The van der Waals surface area contributed by atoms with Crippen molar-refractivity contribution < 1.29 is 5.11 Å². The molecule has 0 aliphatic heterocycles. The molecule has 3 heterocycles. The molecule has 0 atom stereocenters. The van der Waals surface area contributed by atoms with Crippen molar-refractivity contribution in [2.75, 3.05) is 6.61 Å². The Hall–Kier alpha value is -3.05. The van der Waals surface area contributed by atoms with Gasteiger partial charge in [0.1, 0.15) is 5.69 Å². The van der Waals surface area contributed by atoms with Crippen molar-refractivity contribution in [3.8, 4) is 22.4 Å². The molecule has 0 bridgehead atoms. The molecule has 4 aromatic rings. The summed E-state index contributed by atoms with van der Waals surface area (Å²) in [5, 5.41) is 16.1. The van der Waals surface area contributed by atoms with Crippen molar-refractivity contribution in [2.45, 2.75) is 6.54 Å². The molecule has 0 saturated heterocycles. The predicted molar refractivity (Wildman–Crippen MR) is 93.3 cm³/mol. The van der Waals surface area contributed by atoms with Gasteiger partial charge in [-0.3, -0.25) is 14.6 Å². The predicted octanol–water partition coefficient (Wildman–Crippen LogP) is 3.15. The lowest BCUT2D eigenvalue weighted by molar-refractivity contribution is 0.269. The monoisotopic (exact) mass is 316 g/mol. The Morgan fingerprint density at radius 2 is 1.75 bits per heavy atom. The van der Waals surface area contributed by atoms with Gasteiger partial charge in [-0.15, -0.1) is 0 Å². The molecular formula is C19H16N4O. The molecule has 1 N–H and O–H groups in total. The Labute approximate surface area is 139 Å². The van der Waals surface area contributed by atoms with Crippen LogP contribution >= 0.6 is 0 Å². The third kappa shape index (κ3) is 2.55. The summed E-state index contributed by atoms with van der Waals surface area (Å²) in [4.78, 5) is 8.28. The second-order valence-electron chi connectivity index (χ2n) is 5.52. The molecule has 0 fully saturated rings. The number of aliphatic hydroxyl groups is 1. The normalized spacial score (nSPS) is 11.0. The summed E-state index contributed by atoms with van der Waals surface area (Å²) in [5.41, 5.74) is 4.02. The first-order valence-corrected chi connectivity index (χ1v) is 7.78. The van der Waals surface area contributed by atoms with Crippen LogP contribution in [0.5, 0.6) is 0 Å². The number of rotatable bonds is 4. The van der Waals surface area contributed by atoms with Gasteiger partial charge in [-0.1, -0.05) is 18.2 Å². The summed E-state index contributed by atoms with van der Waals surface area (Å²) in [6.07, 6.45) is 9.18. The van der Waals surface area contributed by atoms with Gasteiger partial charge in [0.25, 0.3) is 0 Å². The minimum atomic E-state index is 0.0519. The molecule has 118 valence electrons. The fraction of sp³-hybridized carbons (Fsp3) is 0.105. The highest BCUT2D eigenvalue weighted by molar-refractivity contribution is 5.99. The number of hydrogen-bond acceptors (Lipinski definition) is 4. The minimum absolute atomic E-state index is 0.0519. The summed E-state index contributed by atoms with van der Waals surface area (Å²) >= 11 is 0. The van der Waals surface area contributed by atoms with Crippen LogP contribution < -0.4 is 0 Å². The number of aliphatic hydroxyl groups excluding tert-OH is 1. The van der Waals surface area contributed by atoms with Gasteiger partial charge < -0.3 is 5.11 Å². The second-order valence-corrected chi connectivity index (χ2v) is 5.52. The van der Waals surface area contributed by atoms with Gasteiger partial charge in [-0.05, 0) is 29.1 Å². The molecule has 3 aromatic heterocycles. The average Bonchev–Trinajstić information content (AvgIpc) is 3.06. The topological polar surface area (TPSA) is 63.8 Å². The largest absolute Gasteiger partial charge is 0.394 e. The third-order valence-electron chi connectivity index (χ3n) is 4.02. The molecule has 0 aliphatic carbocycles. The molecular weight excluding hydrogens is 300 g/mol. The van der Waals surface area contributed by atoms with E-state index >= 15 is 0 Å². The van der Waals surface area contributed by atoms with Crippen molar-refractivity contribution >= 4 is 10.8 Å². The van der Waals surface area contributed by atoms with E-state index in [1.54, 1.807) is 23.3 Å². The number of pyridine rings is 2. The Kier molecular flexibility index (Phi) is 3.76. The Bertz CT molecular complexity index is 974. The molecule has 0 amide bonds. The highest BCUT2D eigenvalue weighted by Gasteiger charge is 2.15. The summed E-state index contributed by atoms with van der Waals surface area (Å²) in [6.45, 7) is 0.515. The Morgan fingerprint density at radius 3 is 2.58 bits per heavy atom. The van der Waals surface area contributed by atoms with E-state index in [-0.39, 0.29) is 6.61 Å². The van der Waals surface area contributed by atoms with Crippen LogP contribution in [-0.2, 0) is 6.54 Å². The zero-order chi connectivity index (χ0) is 16.4. The number of aromatic nitrogens is 4. The highest BCUT2D eigenvalue weighted by atomic mass is 16.3. The third-order valence-corrected chi connectivity index (χ3v) is 4.02. The van der Waals surface area contributed by atoms with Crippen LogP contribution in [0, 0.1) is 0 Å². The van der Waals surface area contributed by atoms with Gasteiger partial charge in [-0.25, -0.2) is 0 Å². The molecule has 5 heteroatoms. The summed E-state index contributed by atoms with van der Waals surface area (Å²) in [6, 6.07) is 12.1. The molecule has 1 aromatic carbocycles. The van der Waals surface area contributed by atoms with Crippen molar-refractivity contribution in [1.82, 2.24) is 19.7 Å². The standard InChI is InChI=1S/C19H16N4O/c24-11-10-23-13-18(19(22-23)14-4-7-20-8-5-14)17-3-1-2-15-12-21-9-6-16(15)17/h1-9,12-13,24H,10-11H2. The van der Waals surface area contributed by atoms with E-state index in [9.17, 15) is 5.11 Å². The van der Waals surface area contributed by atoms with Crippen molar-refractivity contribution in [3.05, 3.63) is 67.4 Å². The van der Waals surface area contributed by atoms with E-state index in [2.05, 4.69) is 27.2 Å². The molecule has 24 heavy (non-hydrogen) atoms. The SMILES string of the molecule is OCCn1cc(-c2cccc3cnccc23)c(-c2ccncc2)n1. The van der Waals surface area contributed by atoms with Crippen LogP contribution in [0.15, 0.2) is 67.4 Å². The summed E-state index contributed by atoms with van der Waals surface area (Å²) < 4.78 is 1.78. The smallest absolute Gasteiger partial charge is 0.100 e. The number of hydrogen-bond donors (Lipinski definition) is 1. The molecule has 0 spiro atoms. The van der Waals surface area contributed by atoms with Crippen LogP contribution in [0.2, 0.25) is 0 Å². The fourth-order valence-electron chi connectivity index (χ4n) is 2.92. The molecule has 0 saturated carbocycles. The maximum absolute atomic E-state index is 9.25. The summed E-state index contributed by atoms with van der Waals surface area (Å²) in [7, 11) is 0. The Morgan fingerprint density at radius 1 is 0.917 bits per heavy atom. The van der Waals surface area contributed by atoms with E-state index in [4.69, 9.17) is 0 Å². The van der Waals surface area contributed by atoms with E-state index < -0.39 is 0 Å². The van der Waals surface area contributed by atoms with E-state index in [0.29, 0.717) is 6.54 Å². The second kappa shape index (κ2) is 6.22. The fourth-order valence-corrected chi connectivity index (χ4v) is 2.92. The first-order valence-electron chi connectivity index (χ1n) is 7.78. The lowest BCUT2D eigenvalue weighted by Gasteiger charge is -2.06. The minimum Gasteiger partial charge on any atom is -0.394 e. The molecule has 0 radical (unpaired) electrons. The van der Waals surface area contributed by atoms with Crippen LogP contribution in [0.1, 0.15) is 0 Å². The van der Waals surface area contributed by atoms with E-state index in [0.717, 1.165) is 33.2 Å². The quantitative estimate of drug-likeness (QED) is 0.628. The Balaban J connectivity index is 1.96. The van der Waals surface area contributed by atoms with E-state index in [1.807, 2.05) is 36.7 Å². The van der Waals surface area contributed by atoms with Gasteiger partial charge >= 0.3 is 0 Å². The van der Waals surface area contributed by atoms with Gasteiger partial charge in [0.15, 0.2) is 0 Å². The maximum Gasteiger partial charge on any atom is 0.100 e. The number of fused-ring (bicyclic) bond motifs is 1. The molecule has 0 aliphatic rings. The van der Waals surface area contributed by atoms with Crippen LogP contribution in [0.4, 0.5) is 0 Å². The first kappa shape index (κ1) is 14.5. The van der Waals surface area contributed by atoms with Crippen LogP contribution in [-0.4, -0.2) is 31.5 Å². The zero-order valence-corrected chi connectivity index (χ0v) is 13.0. The maximum atomic E-state index is 9.25. The lowest BCUT2D eigenvalue weighted by atomic mass is 9.98. The number of benzene rings is 1. The van der Waals surface area contributed by atoms with Crippen LogP contribution in [0.3, 0.4) is 0 Å². The average molecular weight is 316 g/mol. The van der Waals surface area contributed by atoms with Crippen molar-refractivity contribution in [3.63, 3.8) is 0 Å². The van der Waals surface area contributed by atoms with Gasteiger partial charge in [-0.2, -0.15) is 5.10 Å². The van der Waals surface area contributed by atoms with E-state index in [1.165, 1.54) is 0 Å². The summed E-state index contributed by atoms with van der Waals surface area (Å²) in [5.74, 6) is 0. The highest BCUT2D eigenvalue weighted by Crippen LogP contribution is 2.35.